The van der Waals surface area contributed by atoms with Crippen LogP contribution in [0, 0.1) is 13.8 Å². The number of aromatic nitrogens is 2. The van der Waals surface area contributed by atoms with Gasteiger partial charge in [-0.25, -0.2) is 14.8 Å². The highest BCUT2D eigenvalue weighted by Gasteiger charge is 2.13. The Hall–Kier alpha value is -1.95. The van der Waals surface area contributed by atoms with Gasteiger partial charge in [-0.15, -0.1) is 11.3 Å². The highest BCUT2D eigenvalue weighted by atomic mass is 32.1. The molecule has 0 saturated heterocycles. The number of methoxy groups -OCH3 is 1. The molecule has 0 aliphatic rings. The van der Waals surface area contributed by atoms with Crippen LogP contribution in [-0.4, -0.2) is 23.0 Å². The SMILES string of the molecule is COC(=O)c1nc(C)cc(NC(C)c2ccc(C)s2)n1. The van der Waals surface area contributed by atoms with Crippen molar-refractivity contribution >= 4 is 23.1 Å². The number of nitrogens with one attached hydrogen (secondary N) is 1. The minimum atomic E-state index is -0.531. The van der Waals surface area contributed by atoms with Gasteiger partial charge in [0, 0.05) is 21.5 Å². The van der Waals surface area contributed by atoms with Crippen LogP contribution < -0.4 is 5.32 Å². The molecule has 0 aliphatic heterocycles. The first-order valence-electron chi connectivity index (χ1n) is 6.26. The lowest BCUT2D eigenvalue weighted by atomic mass is 10.2. The van der Waals surface area contributed by atoms with E-state index in [2.05, 4.69) is 46.0 Å². The third-order valence-electron chi connectivity index (χ3n) is 2.77. The maximum absolute atomic E-state index is 11.5. The molecule has 0 radical (unpaired) electrons. The van der Waals surface area contributed by atoms with Gasteiger partial charge in [0.2, 0.25) is 5.82 Å². The van der Waals surface area contributed by atoms with Crippen molar-refractivity contribution in [3.63, 3.8) is 0 Å². The highest BCUT2D eigenvalue weighted by Crippen LogP contribution is 2.25. The summed E-state index contributed by atoms with van der Waals surface area (Å²) in [4.78, 5) is 22.2. The van der Waals surface area contributed by atoms with Crippen LogP contribution in [0.25, 0.3) is 0 Å². The summed E-state index contributed by atoms with van der Waals surface area (Å²) < 4.78 is 4.65. The van der Waals surface area contributed by atoms with Crippen LogP contribution in [0.1, 0.15) is 39.0 Å². The van der Waals surface area contributed by atoms with Crippen LogP contribution in [0.5, 0.6) is 0 Å². The van der Waals surface area contributed by atoms with Crippen molar-refractivity contribution in [2.45, 2.75) is 26.8 Å². The number of hydrogen-bond donors (Lipinski definition) is 1. The van der Waals surface area contributed by atoms with Gasteiger partial charge in [-0.1, -0.05) is 0 Å². The van der Waals surface area contributed by atoms with Crippen molar-refractivity contribution in [2.75, 3.05) is 12.4 Å². The number of nitrogens with zero attached hydrogens (tertiary/aromatic N) is 2. The van der Waals surface area contributed by atoms with E-state index in [9.17, 15) is 4.79 Å². The first-order valence-corrected chi connectivity index (χ1v) is 7.08. The molecule has 0 spiro atoms. The molecule has 1 atom stereocenters. The lowest BCUT2D eigenvalue weighted by Crippen LogP contribution is -2.13. The monoisotopic (exact) mass is 291 g/mol. The smallest absolute Gasteiger partial charge is 0.376 e. The standard InChI is InChI=1S/C14H17N3O2S/c1-8-7-12(17-13(15-8)14(18)19-4)16-10(3)11-6-5-9(2)20-11/h5-7,10H,1-4H3,(H,15,16,17). The van der Waals surface area contributed by atoms with Gasteiger partial charge >= 0.3 is 5.97 Å². The average Bonchev–Trinajstić information content (AvgIpc) is 2.84. The number of esters is 1. The fraction of sp³-hybridized carbons (Fsp3) is 0.357. The first-order chi connectivity index (χ1) is 9.49. The minimum Gasteiger partial charge on any atom is -0.463 e. The van der Waals surface area contributed by atoms with Crippen molar-refractivity contribution in [1.82, 2.24) is 9.97 Å². The third kappa shape index (κ3) is 3.33. The number of anilines is 1. The summed E-state index contributed by atoms with van der Waals surface area (Å²) in [5, 5.41) is 3.28. The summed E-state index contributed by atoms with van der Waals surface area (Å²) in [6.45, 7) is 5.95. The Kier molecular flexibility index (Phi) is 4.34. The number of aryl methyl sites for hydroxylation is 2. The van der Waals surface area contributed by atoms with Crippen LogP contribution >= 0.6 is 11.3 Å². The van der Waals surface area contributed by atoms with E-state index in [1.807, 2.05) is 13.0 Å². The Morgan fingerprint density at radius 1 is 1.35 bits per heavy atom. The Balaban J connectivity index is 2.20. The maximum Gasteiger partial charge on any atom is 0.376 e. The second kappa shape index (κ2) is 6.00. The largest absolute Gasteiger partial charge is 0.463 e. The normalized spacial score (nSPS) is 12.0. The van der Waals surface area contributed by atoms with E-state index in [1.54, 1.807) is 11.3 Å². The zero-order chi connectivity index (χ0) is 14.7. The number of ether oxygens (including phenoxy) is 1. The quantitative estimate of drug-likeness (QED) is 0.877. The molecule has 2 heterocycles. The van der Waals surface area contributed by atoms with E-state index in [0.29, 0.717) is 5.82 Å². The maximum atomic E-state index is 11.5. The predicted octanol–water partition coefficient (Wildman–Crippen LogP) is 3.11. The van der Waals surface area contributed by atoms with Crippen LogP contribution in [0.4, 0.5) is 5.82 Å². The molecule has 0 saturated carbocycles. The molecule has 1 N–H and O–H groups in total. The second-order valence-electron chi connectivity index (χ2n) is 4.52. The fourth-order valence-electron chi connectivity index (χ4n) is 1.80. The second-order valence-corrected chi connectivity index (χ2v) is 5.84. The summed E-state index contributed by atoms with van der Waals surface area (Å²) in [6.07, 6.45) is 0. The molecule has 6 heteroatoms. The Bertz CT molecular complexity index is 625. The Morgan fingerprint density at radius 2 is 2.10 bits per heavy atom. The molecule has 5 nitrogen and oxygen atoms in total. The van der Waals surface area contributed by atoms with E-state index >= 15 is 0 Å². The zero-order valence-corrected chi connectivity index (χ0v) is 12.7. The summed E-state index contributed by atoms with van der Waals surface area (Å²) in [5.74, 6) is 0.164. The molecule has 0 bridgehead atoms. The summed E-state index contributed by atoms with van der Waals surface area (Å²) >= 11 is 1.74. The molecular formula is C14H17N3O2S. The van der Waals surface area contributed by atoms with Gasteiger partial charge in [-0.3, -0.25) is 0 Å². The molecule has 0 aliphatic carbocycles. The summed E-state index contributed by atoms with van der Waals surface area (Å²) in [6, 6.07) is 6.10. The molecule has 2 aromatic rings. The number of carbonyl (C=O) groups is 1. The molecule has 106 valence electrons. The lowest BCUT2D eigenvalue weighted by Gasteiger charge is -2.13. The Labute approximate surface area is 122 Å². The summed E-state index contributed by atoms with van der Waals surface area (Å²) in [5.41, 5.74) is 0.720. The minimum absolute atomic E-state index is 0.0737. The van der Waals surface area contributed by atoms with Crippen molar-refractivity contribution in [3.05, 3.63) is 39.5 Å². The number of carbonyl (C=O) groups excluding carboxylic acids is 1. The number of rotatable bonds is 4. The van der Waals surface area contributed by atoms with Crippen LogP contribution in [0.2, 0.25) is 0 Å². The summed E-state index contributed by atoms with van der Waals surface area (Å²) in [7, 11) is 1.32. The topological polar surface area (TPSA) is 64.1 Å². The molecule has 0 amide bonds. The predicted molar refractivity (Wildman–Crippen MR) is 79.2 cm³/mol. The van der Waals surface area contributed by atoms with Gasteiger partial charge in [-0.05, 0) is 32.9 Å². The molecule has 2 aromatic heterocycles. The van der Waals surface area contributed by atoms with Crippen molar-refractivity contribution in [2.24, 2.45) is 0 Å². The van der Waals surface area contributed by atoms with Gasteiger partial charge in [0.25, 0.3) is 0 Å². The van der Waals surface area contributed by atoms with Gasteiger partial charge in [0.1, 0.15) is 5.82 Å². The number of hydrogen-bond acceptors (Lipinski definition) is 6. The van der Waals surface area contributed by atoms with Crippen molar-refractivity contribution in [3.8, 4) is 0 Å². The molecule has 20 heavy (non-hydrogen) atoms. The van der Waals surface area contributed by atoms with E-state index < -0.39 is 5.97 Å². The van der Waals surface area contributed by atoms with Crippen LogP contribution in [0.3, 0.4) is 0 Å². The Morgan fingerprint density at radius 3 is 2.70 bits per heavy atom. The fourth-order valence-corrected chi connectivity index (χ4v) is 2.68. The molecule has 0 aromatic carbocycles. The van der Waals surface area contributed by atoms with Gasteiger partial charge in [0.05, 0.1) is 13.2 Å². The molecular weight excluding hydrogens is 274 g/mol. The van der Waals surface area contributed by atoms with Gasteiger partial charge in [0.15, 0.2) is 0 Å². The van der Waals surface area contributed by atoms with Gasteiger partial charge < -0.3 is 10.1 Å². The molecule has 1 unspecified atom stereocenters. The first kappa shape index (κ1) is 14.5. The zero-order valence-electron chi connectivity index (χ0n) is 11.9. The van der Waals surface area contributed by atoms with E-state index in [4.69, 9.17) is 0 Å². The lowest BCUT2D eigenvalue weighted by molar-refractivity contribution is 0.0586. The average molecular weight is 291 g/mol. The number of thiophene rings is 1. The van der Waals surface area contributed by atoms with E-state index in [-0.39, 0.29) is 11.9 Å². The van der Waals surface area contributed by atoms with Crippen LogP contribution in [-0.2, 0) is 4.74 Å². The third-order valence-corrected chi connectivity index (χ3v) is 3.96. The van der Waals surface area contributed by atoms with E-state index in [0.717, 1.165) is 5.69 Å². The van der Waals surface area contributed by atoms with Crippen LogP contribution in [0.15, 0.2) is 18.2 Å². The highest BCUT2D eigenvalue weighted by molar-refractivity contribution is 7.12. The molecule has 2 rings (SSSR count). The van der Waals surface area contributed by atoms with Gasteiger partial charge in [-0.2, -0.15) is 0 Å². The van der Waals surface area contributed by atoms with Crippen molar-refractivity contribution < 1.29 is 9.53 Å². The van der Waals surface area contributed by atoms with E-state index in [1.165, 1.54) is 16.9 Å². The molecule has 0 fully saturated rings. The van der Waals surface area contributed by atoms with Crippen molar-refractivity contribution in [1.29, 1.82) is 0 Å².